The predicted molar refractivity (Wildman–Crippen MR) is 66.1 cm³/mol. The zero-order valence-corrected chi connectivity index (χ0v) is 10.6. The first kappa shape index (κ1) is 13.9. The number of carboxylic acid groups (broad SMARTS) is 1. The normalized spacial score (nSPS) is 12.6. The standard InChI is InChI=1S/C14H15NO3/c1-9(14(2,3)13(17)18)12(16)11-6-4-10(8-15)5-7-11/h4-7,9H,1-3H3,(H,17,18). The van der Waals surface area contributed by atoms with Crippen LogP contribution >= 0.6 is 0 Å². The van der Waals surface area contributed by atoms with E-state index >= 15 is 0 Å². The van der Waals surface area contributed by atoms with E-state index in [1.165, 1.54) is 13.8 Å². The van der Waals surface area contributed by atoms with E-state index in [9.17, 15) is 9.59 Å². The zero-order chi connectivity index (χ0) is 13.9. The van der Waals surface area contributed by atoms with Gasteiger partial charge in [-0.25, -0.2) is 0 Å². The van der Waals surface area contributed by atoms with E-state index in [-0.39, 0.29) is 5.78 Å². The molecule has 0 heterocycles. The minimum absolute atomic E-state index is 0.230. The molecule has 18 heavy (non-hydrogen) atoms. The lowest BCUT2D eigenvalue weighted by molar-refractivity contribution is -0.148. The third kappa shape index (κ3) is 2.57. The van der Waals surface area contributed by atoms with Crippen molar-refractivity contribution in [1.29, 1.82) is 5.26 Å². The lowest BCUT2D eigenvalue weighted by atomic mass is 9.76. The predicted octanol–water partition coefficient (Wildman–Crippen LogP) is 2.49. The Morgan fingerprint density at radius 2 is 1.78 bits per heavy atom. The first-order chi connectivity index (χ1) is 8.30. The van der Waals surface area contributed by atoms with Crippen LogP contribution in [0.1, 0.15) is 36.7 Å². The van der Waals surface area contributed by atoms with Crippen molar-refractivity contribution in [3.63, 3.8) is 0 Å². The average molecular weight is 245 g/mol. The highest BCUT2D eigenvalue weighted by Gasteiger charge is 2.38. The summed E-state index contributed by atoms with van der Waals surface area (Å²) in [5, 5.41) is 17.8. The molecule has 1 aromatic rings. The summed E-state index contributed by atoms with van der Waals surface area (Å²) in [7, 11) is 0. The molecule has 4 nitrogen and oxygen atoms in total. The van der Waals surface area contributed by atoms with Gasteiger partial charge in [0.25, 0.3) is 0 Å². The van der Waals surface area contributed by atoms with Crippen LogP contribution in [0.3, 0.4) is 0 Å². The molecule has 1 atom stereocenters. The molecule has 0 bridgehead atoms. The van der Waals surface area contributed by atoms with Crippen LogP contribution in [0.15, 0.2) is 24.3 Å². The van der Waals surface area contributed by atoms with Crippen molar-refractivity contribution in [1.82, 2.24) is 0 Å². The second-order valence-corrected chi connectivity index (χ2v) is 4.80. The highest BCUT2D eigenvalue weighted by molar-refractivity contribution is 6.00. The van der Waals surface area contributed by atoms with E-state index in [1.807, 2.05) is 6.07 Å². The fraction of sp³-hybridized carbons (Fsp3) is 0.357. The summed E-state index contributed by atoms with van der Waals surface area (Å²) in [6, 6.07) is 8.17. The maximum Gasteiger partial charge on any atom is 0.309 e. The number of hydrogen-bond donors (Lipinski definition) is 1. The van der Waals surface area contributed by atoms with Gasteiger partial charge in [0.05, 0.1) is 17.0 Å². The largest absolute Gasteiger partial charge is 0.481 e. The zero-order valence-electron chi connectivity index (χ0n) is 10.6. The fourth-order valence-electron chi connectivity index (χ4n) is 1.47. The number of hydrogen-bond acceptors (Lipinski definition) is 3. The van der Waals surface area contributed by atoms with Crippen LogP contribution < -0.4 is 0 Å². The maximum absolute atomic E-state index is 12.1. The minimum atomic E-state index is -1.12. The molecule has 0 amide bonds. The second kappa shape index (κ2) is 5.01. The quantitative estimate of drug-likeness (QED) is 0.826. The summed E-state index contributed by atoms with van der Waals surface area (Å²) < 4.78 is 0. The van der Waals surface area contributed by atoms with Gasteiger partial charge in [-0.15, -0.1) is 0 Å². The molecule has 0 saturated heterocycles. The Labute approximate surface area is 106 Å². The number of carbonyl (C=O) groups excluding carboxylic acids is 1. The number of nitriles is 1. The van der Waals surface area contributed by atoms with Gasteiger partial charge in [0.2, 0.25) is 0 Å². The first-order valence-corrected chi connectivity index (χ1v) is 5.58. The number of Topliss-reactive ketones (excluding diaryl/α,β-unsaturated/α-hetero) is 1. The van der Waals surface area contributed by atoms with Crippen molar-refractivity contribution in [2.24, 2.45) is 11.3 Å². The van der Waals surface area contributed by atoms with Crippen LogP contribution in [0.2, 0.25) is 0 Å². The van der Waals surface area contributed by atoms with Crippen LogP contribution in [0, 0.1) is 22.7 Å². The summed E-state index contributed by atoms with van der Waals surface area (Å²) in [4.78, 5) is 23.3. The Kier molecular flexibility index (Phi) is 3.87. The second-order valence-electron chi connectivity index (χ2n) is 4.80. The van der Waals surface area contributed by atoms with Gasteiger partial charge < -0.3 is 5.11 Å². The fourth-order valence-corrected chi connectivity index (χ4v) is 1.47. The summed E-state index contributed by atoms with van der Waals surface area (Å²) in [5.41, 5.74) is -0.224. The van der Waals surface area contributed by atoms with Crippen molar-refractivity contribution in [3.05, 3.63) is 35.4 Å². The number of carboxylic acids is 1. The molecule has 0 aromatic heterocycles. The Morgan fingerprint density at radius 1 is 1.28 bits per heavy atom. The summed E-state index contributed by atoms with van der Waals surface area (Å²) in [5.74, 6) is -1.87. The molecule has 1 unspecified atom stereocenters. The number of carbonyl (C=O) groups is 2. The van der Waals surface area contributed by atoms with Crippen LogP contribution in [0.5, 0.6) is 0 Å². The Balaban J connectivity index is 3.00. The lowest BCUT2D eigenvalue weighted by Crippen LogP contribution is -2.36. The molecule has 1 N–H and O–H groups in total. The molecule has 94 valence electrons. The van der Waals surface area contributed by atoms with Crippen LogP contribution in [0.4, 0.5) is 0 Å². The van der Waals surface area contributed by atoms with E-state index in [0.717, 1.165) is 0 Å². The molecule has 0 fully saturated rings. The van der Waals surface area contributed by atoms with Crippen molar-refractivity contribution in [3.8, 4) is 6.07 Å². The molecule has 0 aliphatic carbocycles. The Hall–Kier alpha value is -2.15. The number of rotatable bonds is 4. The van der Waals surface area contributed by atoms with Crippen LogP contribution in [-0.2, 0) is 4.79 Å². The summed E-state index contributed by atoms with van der Waals surface area (Å²) in [6.07, 6.45) is 0. The molecule has 4 heteroatoms. The van der Waals surface area contributed by atoms with Gasteiger partial charge in [0.15, 0.2) is 5.78 Å². The van der Waals surface area contributed by atoms with E-state index in [2.05, 4.69) is 0 Å². The maximum atomic E-state index is 12.1. The van der Waals surface area contributed by atoms with Crippen molar-refractivity contribution in [2.75, 3.05) is 0 Å². The van der Waals surface area contributed by atoms with Crippen LogP contribution in [-0.4, -0.2) is 16.9 Å². The number of benzene rings is 1. The van der Waals surface area contributed by atoms with Crippen LogP contribution in [0.25, 0.3) is 0 Å². The van der Waals surface area contributed by atoms with Gasteiger partial charge in [-0.05, 0) is 26.0 Å². The SMILES string of the molecule is CC(C(=O)c1ccc(C#N)cc1)C(C)(C)C(=O)O. The number of aliphatic carboxylic acids is 1. The highest BCUT2D eigenvalue weighted by atomic mass is 16.4. The molecule has 0 aliphatic heterocycles. The van der Waals surface area contributed by atoms with Gasteiger partial charge in [0, 0.05) is 11.5 Å². The van der Waals surface area contributed by atoms with Crippen molar-refractivity contribution >= 4 is 11.8 Å². The molecule has 1 rings (SSSR count). The average Bonchev–Trinajstić information content (AvgIpc) is 2.36. The molecule has 0 saturated carbocycles. The number of nitrogens with zero attached hydrogens (tertiary/aromatic N) is 1. The van der Waals surface area contributed by atoms with E-state index in [4.69, 9.17) is 10.4 Å². The lowest BCUT2D eigenvalue weighted by Gasteiger charge is -2.25. The Bertz CT molecular complexity index is 509. The van der Waals surface area contributed by atoms with Crippen molar-refractivity contribution < 1.29 is 14.7 Å². The van der Waals surface area contributed by atoms with Gasteiger partial charge in [-0.2, -0.15) is 5.26 Å². The molecule has 0 radical (unpaired) electrons. The Morgan fingerprint density at radius 3 is 2.17 bits per heavy atom. The van der Waals surface area contributed by atoms with Gasteiger partial charge in [0.1, 0.15) is 0 Å². The molecule has 1 aromatic carbocycles. The minimum Gasteiger partial charge on any atom is -0.481 e. The van der Waals surface area contributed by atoms with E-state index in [1.54, 1.807) is 31.2 Å². The molecule has 0 spiro atoms. The van der Waals surface area contributed by atoms with Crippen molar-refractivity contribution in [2.45, 2.75) is 20.8 Å². The van der Waals surface area contributed by atoms with Gasteiger partial charge in [-0.3, -0.25) is 9.59 Å². The molecular weight excluding hydrogens is 230 g/mol. The summed E-state index contributed by atoms with van der Waals surface area (Å²) >= 11 is 0. The topological polar surface area (TPSA) is 78.2 Å². The smallest absolute Gasteiger partial charge is 0.309 e. The van der Waals surface area contributed by atoms with E-state index < -0.39 is 17.3 Å². The monoisotopic (exact) mass is 245 g/mol. The third-order valence-electron chi connectivity index (χ3n) is 3.33. The van der Waals surface area contributed by atoms with E-state index in [0.29, 0.717) is 11.1 Å². The highest BCUT2D eigenvalue weighted by Crippen LogP contribution is 2.29. The summed E-state index contributed by atoms with van der Waals surface area (Å²) in [6.45, 7) is 4.66. The third-order valence-corrected chi connectivity index (χ3v) is 3.33. The number of ketones is 1. The first-order valence-electron chi connectivity index (χ1n) is 5.58. The van der Waals surface area contributed by atoms with Gasteiger partial charge in [-0.1, -0.05) is 19.1 Å². The molecular formula is C14H15NO3. The molecule has 0 aliphatic rings. The van der Waals surface area contributed by atoms with Gasteiger partial charge >= 0.3 is 5.97 Å².